The number of hydrogen-bond acceptors (Lipinski definition) is 4. The van der Waals surface area contributed by atoms with Crippen molar-refractivity contribution in [3.05, 3.63) is 23.8 Å². The summed E-state index contributed by atoms with van der Waals surface area (Å²) in [5.41, 5.74) is 4.74. The van der Waals surface area contributed by atoms with Crippen LogP contribution in [-0.4, -0.2) is 21.8 Å². The summed E-state index contributed by atoms with van der Waals surface area (Å²) in [6, 6.07) is 3.02. The third-order valence-electron chi connectivity index (χ3n) is 1.39. The van der Waals surface area contributed by atoms with E-state index in [1.807, 2.05) is 0 Å². The van der Waals surface area contributed by atoms with Crippen LogP contribution < -0.4 is 5.73 Å². The first-order chi connectivity index (χ1) is 6.66. The standard InChI is InChI=1S/C8H11NO3.ClH/c9-4-8(12)5-1-2-6(10)7(11)3-5;/h1-3,8,10-12H,4,9H2;1H/i4D2,8D;. The molecule has 1 rings (SSSR count). The Bertz CT molecular complexity index is 381. The van der Waals surface area contributed by atoms with Gasteiger partial charge in [0.05, 0.1) is 7.45 Å². The van der Waals surface area contributed by atoms with E-state index in [0.717, 1.165) is 18.2 Å². The number of phenols is 2. The van der Waals surface area contributed by atoms with E-state index in [-0.39, 0.29) is 18.0 Å². The van der Waals surface area contributed by atoms with Gasteiger partial charge in [0.25, 0.3) is 0 Å². The molecule has 0 bridgehead atoms. The minimum Gasteiger partial charge on any atom is -0.504 e. The van der Waals surface area contributed by atoms with Gasteiger partial charge in [-0.25, -0.2) is 0 Å². The Hall–Kier alpha value is -0.970. The van der Waals surface area contributed by atoms with Crippen molar-refractivity contribution in [3.63, 3.8) is 0 Å². The van der Waals surface area contributed by atoms with Gasteiger partial charge in [-0.15, -0.1) is 12.4 Å². The summed E-state index contributed by atoms with van der Waals surface area (Å²) in [4.78, 5) is 0. The minimum atomic E-state index is -2.70. The highest BCUT2D eigenvalue weighted by Gasteiger charge is 2.07. The number of halogens is 1. The predicted octanol–water partition coefficient (Wildman–Crippen LogP) is 0.512. The molecule has 0 saturated carbocycles. The lowest BCUT2D eigenvalue weighted by Gasteiger charge is -2.08. The van der Waals surface area contributed by atoms with Gasteiger partial charge in [-0.05, 0) is 17.7 Å². The zero-order valence-electron chi connectivity index (χ0n) is 9.56. The van der Waals surface area contributed by atoms with Gasteiger partial charge in [-0.1, -0.05) is 6.07 Å². The van der Waals surface area contributed by atoms with Crippen LogP contribution in [0.4, 0.5) is 0 Å². The topological polar surface area (TPSA) is 86.7 Å². The average molecular weight is 209 g/mol. The van der Waals surface area contributed by atoms with E-state index in [1.165, 1.54) is 0 Å². The Labute approximate surface area is 86.3 Å². The molecule has 4 nitrogen and oxygen atoms in total. The summed E-state index contributed by atoms with van der Waals surface area (Å²) in [6.45, 7) is -2.68. The summed E-state index contributed by atoms with van der Waals surface area (Å²) in [6.07, 6.45) is -2.70. The van der Waals surface area contributed by atoms with Gasteiger partial charge in [0.1, 0.15) is 0 Å². The van der Waals surface area contributed by atoms with E-state index < -0.39 is 24.1 Å². The van der Waals surface area contributed by atoms with Crippen LogP contribution >= 0.6 is 12.4 Å². The molecule has 0 radical (unpaired) electrons. The fourth-order valence-corrected chi connectivity index (χ4v) is 0.754. The molecule has 0 aliphatic carbocycles. The van der Waals surface area contributed by atoms with Gasteiger partial charge < -0.3 is 21.1 Å². The summed E-state index contributed by atoms with van der Waals surface area (Å²) in [5.74, 6) is -0.977. The zero-order valence-corrected chi connectivity index (χ0v) is 7.38. The van der Waals surface area contributed by atoms with Crippen LogP contribution in [0.25, 0.3) is 0 Å². The first-order valence-corrected chi connectivity index (χ1v) is 3.20. The Morgan fingerprint density at radius 2 is 2.08 bits per heavy atom. The molecule has 0 aliphatic rings. The second-order valence-electron chi connectivity index (χ2n) is 2.20. The molecule has 74 valence electrons. The molecule has 0 fully saturated rings. The lowest BCUT2D eigenvalue weighted by molar-refractivity contribution is 0.186. The summed E-state index contributed by atoms with van der Waals surface area (Å²) >= 11 is 0. The van der Waals surface area contributed by atoms with E-state index in [1.54, 1.807) is 0 Å². The zero-order chi connectivity index (χ0) is 11.9. The van der Waals surface area contributed by atoms with Crippen LogP contribution in [0.15, 0.2) is 18.2 Å². The molecule has 1 atom stereocenters. The smallest absolute Gasteiger partial charge is 0.157 e. The fourth-order valence-electron chi connectivity index (χ4n) is 0.754. The van der Waals surface area contributed by atoms with Crippen molar-refractivity contribution >= 4 is 12.4 Å². The highest BCUT2D eigenvalue weighted by atomic mass is 35.5. The molecule has 13 heavy (non-hydrogen) atoms. The molecule has 1 unspecified atom stereocenters. The molecule has 0 saturated heterocycles. The first kappa shape index (κ1) is 7.44. The van der Waals surface area contributed by atoms with Crippen molar-refractivity contribution in [2.45, 2.75) is 6.08 Å². The molecular weight excluding hydrogens is 194 g/mol. The minimum absolute atomic E-state index is 0. The van der Waals surface area contributed by atoms with Crippen LogP contribution in [-0.2, 0) is 0 Å². The maximum absolute atomic E-state index is 9.51. The summed E-state index contributed by atoms with van der Waals surface area (Å²) in [5, 5.41) is 27.6. The lowest BCUT2D eigenvalue weighted by Crippen LogP contribution is -2.11. The average Bonchev–Trinajstić information content (AvgIpc) is 2.07. The molecule has 0 aliphatic heterocycles. The fraction of sp³-hybridized carbons (Fsp3) is 0.250. The number of phenolic OH excluding ortho intramolecular Hbond substituents is 2. The molecule has 0 heterocycles. The molecule has 1 aromatic rings. The summed E-state index contributed by atoms with van der Waals surface area (Å²) < 4.78 is 21.5. The Balaban J connectivity index is 0.00000225. The summed E-state index contributed by atoms with van der Waals surface area (Å²) in [7, 11) is 0. The quantitative estimate of drug-likeness (QED) is 0.534. The highest BCUT2D eigenvalue weighted by molar-refractivity contribution is 5.85. The lowest BCUT2D eigenvalue weighted by atomic mass is 10.1. The van der Waals surface area contributed by atoms with Crippen molar-refractivity contribution in [3.8, 4) is 11.5 Å². The monoisotopic (exact) mass is 208 g/mol. The number of nitrogens with two attached hydrogens (primary N) is 1. The third-order valence-corrected chi connectivity index (χ3v) is 1.39. The van der Waals surface area contributed by atoms with Gasteiger partial charge in [0.2, 0.25) is 0 Å². The number of benzene rings is 1. The van der Waals surface area contributed by atoms with Crippen LogP contribution in [0.5, 0.6) is 11.5 Å². The van der Waals surface area contributed by atoms with Crippen molar-refractivity contribution in [2.75, 3.05) is 6.50 Å². The van der Waals surface area contributed by atoms with E-state index in [9.17, 15) is 5.11 Å². The molecule has 0 amide bonds. The maximum atomic E-state index is 9.51. The molecular formula is C8H12ClNO3. The highest BCUT2D eigenvalue weighted by Crippen LogP contribution is 2.27. The van der Waals surface area contributed by atoms with Crippen molar-refractivity contribution in [1.82, 2.24) is 0 Å². The van der Waals surface area contributed by atoms with Gasteiger partial charge >= 0.3 is 0 Å². The number of aromatic hydroxyl groups is 2. The SMILES string of the molecule is Cl.[2H]C([2H])(N)C([2H])(O)c1ccc(O)c(O)c1. The van der Waals surface area contributed by atoms with Gasteiger partial charge in [0, 0.05) is 9.24 Å². The Kier molecular flexibility index (Phi) is 2.81. The third kappa shape index (κ3) is 2.77. The maximum Gasteiger partial charge on any atom is 0.157 e. The van der Waals surface area contributed by atoms with Gasteiger partial charge in [-0.2, -0.15) is 0 Å². The van der Waals surface area contributed by atoms with Crippen LogP contribution in [0, 0.1) is 0 Å². The number of rotatable bonds is 2. The van der Waals surface area contributed by atoms with E-state index in [2.05, 4.69) is 0 Å². The van der Waals surface area contributed by atoms with Crippen molar-refractivity contribution < 1.29 is 19.4 Å². The molecule has 5 heteroatoms. The van der Waals surface area contributed by atoms with Crippen LogP contribution in [0.3, 0.4) is 0 Å². The Morgan fingerprint density at radius 1 is 1.46 bits per heavy atom. The molecule has 1 aromatic carbocycles. The number of aliphatic hydroxyl groups is 1. The van der Waals surface area contributed by atoms with E-state index >= 15 is 0 Å². The second kappa shape index (κ2) is 4.91. The predicted molar refractivity (Wildman–Crippen MR) is 51.0 cm³/mol. The normalized spacial score (nSPS) is 18.8. The second-order valence-corrected chi connectivity index (χ2v) is 2.20. The van der Waals surface area contributed by atoms with Crippen LogP contribution in [0.1, 0.15) is 15.8 Å². The largest absolute Gasteiger partial charge is 0.504 e. The van der Waals surface area contributed by atoms with E-state index in [4.69, 9.17) is 20.1 Å². The van der Waals surface area contributed by atoms with Crippen molar-refractivity contribution in [1.29, 1.82) is 0 Å². The molecule has 5 N–H and O–H groups in total. The van der Waals surface area contributed by atoms with Gasteiger partial charge in [-0.3, -0.25) is 0 Å². The van der Waals surface area contributed by atoms with Crippen LogP contribution in [0.2, 0.25) is 0 Å². The van der Waals surface area contributed by atoms with Gasteiger partial charge in [0.15, 0.2) is 11.5 Å². The Morgan fingerprint density at radius 3 is 2.54 bits per heavy atom. The molecule has 0 spiro atoms. The van der Waals surface area contributed by atoms with Crippen molar-refractivity contribution in [2.24, 2.45) is 5.73 Å². The first-order valence-electron chi connectivity index (χ1n) is 4.70. The molecule has 0 aromatic heterocycles. The van der Waals surface area contributed by atoms with E-state index in [0.29, 0.717) is 0 Å². The number of hydrogen-bond donors (Lipinski definition) is 4.